The van der Waals surface area contributed by atoms with Crippen LogP contribution in [0.2, 0.25) is 0 Å². The smallest absolute Gasteiger partial charge is 0.315 e. The van der Waals surface area contributed by atoms with Crippen LogP contribution in [0.4, 0.5) is 0 Å². The van der Waals surface area contributed by atoms with Gasteiger partial charge in [0, 0.05) is 11.1 Å². The Morgan fingerprint density at radius 1 is 1.53 bits per heavy atom. The zero-order valence-corrected chi connectivity index (χ0v) is 8.24. The number of ether oxygens (including phenoxy) is 1. The average molecular weight is 206 g/mol. The van der Waals surface area contributed by atoms with Crippen molar-refractivity contribution in [3.8, 4) is 5.75 Å². The number of aliphatic carboxylic acids is 1. The predicted octanol–water partition coefficient (Wildman–Crippen LogP) is 1.08. The first-order chi connectivity index (χ1) is 7.08. The van der Waals surface area contributed by atoms with E-state index in [-0.39, 0.29) is 18.8 Å². The van der Waals surface area contributed by atoms with Gasteiger partial charge in [0.15, 0.2) is 0 Å². The standard InChI is InChI=1S/C11H10O4/c1-6-2-3-7-4-10(14)15-11(7)8(6)5-9(12)13/h2-3H,4-5H2,1H3,(H,12,13). The molecule has 0 atom stereocenters. The fourth-order valence-corrected chi connectivity index (χ4v) is 1.72. The van der Waals surface area contributed by atoms with Crippen LogP contribution in [0.25, 0.3) is 0 Å². The first-order valence-corrected chi connectivity index (χ1v) is 4.62. The minimum absolute atomic E-state index is 0.109. The monoisotopic (exact) mass is 206 g/mol. The third-order valence-electron chi connectivity index (χ3n) is 2.45. The van der Waals surface area contributed by atoms with Crippen molar-refractivity contribution in [2.24, 2.45) is 0 Å². The Kier molecular flexibility index (Phi) is 2.19. The van der Waals surface area contributed by atoms with Gasteiger partial charge in [0.05, 0.1) is 12.8 Å². The molecule has 4 nitrogen and oxygen atoms in total. The van der Waals surface area contributed by atoms with E-state index in [1.807, 2.05) is 13.0 Å². The molecule has 0 saturated heterocycles. The maximum Gasteiger partial charge on any atom is 0.315 e. The Balaban J connectivity index is 2.49. The number of fused-ring (bicyclic) bond motifs is 1. The van der Waals surface area contributed by atoms with E-state index in [4.69, 9.17) is 9.84 Å². The van der Waals surface area contributed by atoms with E-state index in [1.165, 1.54) is 0 Å². The molecule has 0 aromatic heterocycles. The fraction of sp³-hybridized carbons (Fsp3) is 0.273. The molecule has 0 amide bonds. The number of esters is 1. The number of hydrogen-bond acceptors (Lipinski definition) is 3. The number of benzene rings is 1. The van der Waals surface area contributed by atoms with Gasteiger partial charge in [-0.25, -0.2) is 0 Å². The SMILES string of the molecule is Cc1ccc2c(c1CC(=O)O)OC(=O)C2. The molecule has 0 spiro atoms. The number of hydrogen-bond donors (Lipinski definition) is 1. The quantitative estimate of drug-likeness (QED) is 0.581. The molecule has 1 aromatic carbocycles. The third-order valence-corrected chi connectivity index (χ3v) is 2.45. The molecule has 4 heteroatoms. The van der Waals surface area contributed by atoms with Crippen LogP contribution in [0.5, 0.6) is 5.75 Å². The van der Waals surface area contributed by atoms with Crippen molar-refractivity contribution in [3.05, 3.63) is 28.8 Å². The van der Waals surface area contributed by atoms with Crippen LogP contribution in [-0.4, -0.2) is 17.0 Å². The molecule has 0 saturated carbocycles. The summed E-state index contributed by atoms with van der Waals surface area (Å²) >= 11 is 0. The highest BCUT2D eigenvalue weighted by Crippen LogP contribution is 2.32. The molecule has 1 heterocycles. The zero-order chi connectivity index (χ0) is 11.0. The van der Waals surface area contributed by atoms with E-state index < -0.39 is 5.97 Å². The van der Waals surface area contributed by atoms with E-state index in [0.29, 0.717) is 11.3 Å². The number of aryl methyl sites for hydroxylation is 1. The summed E-state index contributed by atoms with van der Waals surface area (Å²) in [6.45, 7) is 1.81. The van der Waals surface area contributed by atoms with Gasteiger partial charge in [-0.2, -0.15) is 0 Å². The van der Waals surface area contributed by atoms with Gasteiger partial charge in [0.2, 0.25) is 0 Å². The molecule has 0 aliphatic carbocycles. The lowest BCUT2D eigenvalue weighted by atomic mass is 10.0. The van der Waals surface area contributed by atoms with Crippen LogP contribution in [0.15, 0.2) is 12.1 Å². The zero-order valence-electron chi connectivity index (χ0n) is 8.24. The second-order valence-electron chi connectivity index (χ2n) is 3.57. The van der Waals surface area contributed by atoms with Crippen LogP contribution in [0.3, 0.4) is 0 Å². The van der Waals surface area contributed by atoms with E-state index >= 15 is 0 Å². The van der Waals surface area contributed by atoms with E-state index in [2.05, 4.69) is 0 Å². The van der Waals surface area contributed by atoms with Gasteiger partial charge in [-0.3, -0.25) is 9.59 Å². The fourth-order valence-electron chi connectivity index (χ4n) is 1.72. The molecule has 1 N–H and O–H groups in total. The molecular weight excluding hydrogens is 196 g/mol. The average Bonchev–Trinajstić information content (AvgIpc) is 2.51. The molecule has 78 valence electrons. The van der Waals surface area contributed by atoms with Crippen molar-refractivity contribution in [1.29, 1.82) is 0 Å². The maximum absolute atomic E-state index is 11.1. The van der Waals surface area contributed by atoms with E-state index in [9.17, 15) is 9.59 Å². The van der Waals surface area contributed by atoms with Crippen molar-refractivity contribution < 1.29 is 19.4 Å². The molecule has 2 rings (SSSR count). The van der Waals surface area contributed by atoms with E-state index in [1.54, 1.807) is 6.07 Å². The van der Waals surface area contributed by atoms with Gasteiger partial charge in [-0.05, 0) is 12.5 Å². The topological polar surface area (TPSA) is 63.6 Å². The Morgan fingerprint density at radius 2 is 2.27 bits per heavy atom. The van der Waals surface area contributed by atoms with Crippen LogP contribution in [0, 0.1) is 6.92 Å². The first-order valence-electron chi connectivity index (χ1n) is 4.62. The summed E-state index contributed by atoms with van der Waals surface area (Å²) in [6, 6.07) is 3.62. The van der Waals surface area contributed by atoms with Crippen LogP contribution in [-0.2, 0) is 22.4 Å². The molecule has 0 radical (unpaired) electrons. The summed E-state index contributed by atoms with van der Waals surface area (Å²) in [6.07, 6.45) is 0.129. The van der Waals surface area contributed by atoms with Crippen LogP contribution < -0.4 is 4.74 Å². The first kappa shape index (κ1) is 9.71. The van der Waals surface area contributed by atoms with Crippen molar-refractivity contribution >= 4 is 11.9 Å². The Morgan fingerprint density at radius 3 is 2.93 bits per heavy atom. The molecule has 0 bridgehead atoms. The summed E-state index contributed by atoms with van der Waals surface area (Å²) in [7, 11) is 0. The summed E-state index contributed by atoms with van der Waals surface area (Å²) in [4.78, 5) is 21.7. The minimum Gasteiger partial charge on any atom is -0.481 e. The number of rotatable bonds is 2. The number of carbonyl (C=O) groups excluding carboxylic acids is 1. The van der Waals surface area contributed by atoms with Gasteiger partial charge < -0.3 is 9.84 Å². The third kappa shape index (κ3) is 1.70. The van der Waals surface area contributed by atoms with Gasteiger partial charge in [-0.15, -0.1) is 0 Å². The van der Waals surface area contributed by atoms with Crippen molar-refractivity contribution in [1.82, 2.24) is 0 Å². The Hall–Kier alpha value is -1.84. The highest BCUT2D eigenvalue weighted by atomic mass is 16.5. The summed E-state index contributed by atoms with van der Waals surface area (Å²) in [5, 5.41) is 8.75. The van der Waals surface area contributed by atoms with Gasteiger partial charge in [-0.1, -0.05) is 12.1 Å². The van der Waals surface area contributed by atoms with Crippen LogP contribution in [0.1, 0.15) is 16.7 Å². The second kappa shape index (κ2) is 3.38. The number of carbonyl (C=O) groups is 2. The highest BCUT2D eigenvalue weighted by molar-refractivity contribution is 5.83. The van der Waals surface area contributed by atoms with Crippen molar-refractivity contribution in [2.45, 2.75) is 19.8 Å². The second-order valence-corrected chi connectivity index (χ2v) is 3.57. The largest absolute Gasteiger partial charge is 0.481 e. The Bertz CT molecular complexity index is 448. The van der Waals surface area contributed by atoms with Gasteiger partial charge in [0.25, 0.3) is 0 Å². The van der Waals surface area contributed by atoms with Gasteiger partial charge in [0.1, 0.15) is 5.75 Å². The normalized spacial score (nSPS) is 13.5. The van der Waals surface area contributed by atoms with E-state index in [0.717, 1.165) is 11.1 Å². The molecule has 0 unspecified atom stereocenters. The van der Waals surface area contributed by atoms with Crippen molar-refractivity contribution in [3.63, 3.8) is 0 Å². The van der Waals surface area contributed by atoms with Gasteiger partial charge >= 0.3 is 11.9 Å². The molecular formula is C11H10O4. The molecule has 1 aliphatic rings. The Labute approximate surface area is 86.5 Å². The number of carboxylic acids is 1. The van der Waals surface area contributed by atoms with Crippen molar-refractivity contribution in [2.75, 3.05) is 0 Å². The summed E-state index contributed by atoms with van der Waals surface area (Å²) in [5.74, 6) is -0.793. The highest BCUT2D eigenvalue weighted by Gasteiger charge is 2.25. The molecule has 15 heavy (non-hydrogen) atoms. The number of carboxylic acid groups (broad SMARTS) is 1. The minimum atomic E-state index is -0.922. The molecule has 0 fully saturated rings. The maximum atomic E-state index is 11.1. The molecule has 1 aromatic rings. The summed E-state index contributed by atoms with van der Waals surface area (Å²) < 4.78 is 5.02. The lowest BCUT2D eigenvalue weighted by Crippen LogP contribution is -2.05. The molecule has 1 aliphatic heterocycles. The lowest BCUT2D eigenvalue weighted by molar-refractivity contribution is -0.136. The lowest BCUT2D eigenvalue weighted by Gasteiger charge is -2.07. The predicted molar refractivity (Wildman–Crippen MR) is 51.9 cm³/mol. The summed E-state index contributed by atoms with van der Waals surface area (Å²) in [5.41, 5.74) is 2.22. The van der Waals surface area contributed by atoms with Crippen LogP contribution >= 0.6 is 0 Å².